The summed E-state index contributed by atoms with van der Waals surface area (Å²) in [5.74, 6) is -1.15. The standard InChI is InChI=1S/C24H46N4O11/c1-5-23(9-29,10-30)14-38-21(36)26-7-6-25-20(35)18(8-16(2)3)28-19(34)17(4)27-22(37)39-15-24(11-31,12-32)13-33/h16-18,29-33H,5-15H2,1-4H3,(H,25,35)(H,26,36)(H,27,37)(H,28,34). The number of nitrogens with one attached hydrogen (secondary N) is 4. The summed E-state index contributed by atoms with van der Waals surface area (Å²) < 4.78 is 9.93. The molecule has 2 unspecified atom stereocenters. The summed E-state index contributed by atoms with van der Waals surface area (Å²) >= 11 is 0. The van der Waals surface area contributed by atoms with Gasteiger partial charge in [0.1, 0.15) is 25.3 Å². The summed E-state index contributed by atoms with van der Waals surface area (Å²) in [6.07, 6.45) is -1.11. The molecule has 0 heterocycles. The molecule has 0 rings (SSSR count). The van der Waals surface area contributed by atoms with E-state index in [1.165, 1.54) is 6.92 Å². The molecule has 0 saturated heterocycles. The van der Waals surface area contributed by atoms with E-state index in [1.54, 1.807) is 6.92 Å². The lowest BCUT2D eigenvalue weighted by molar-refractivity contribution is -0.130. The lowest BCUT2D eigenvalue weighted by Gasteiger charge is -2.27. The molecule has 0 aliphatic rings. The lowest BCUT2D eigenvalue weighted by atomic mass is 9.88. The van der Waals surface area contributed by atoms with Gasteiger partial charge in [0.2, 0.25) is 11.8 Å². The molecule has 0 aliphatic heterocycles. The normalized spacial score (nSPS) is 13.3. The zero-order valence-corrected chi connectivity index (χ0v) is 23.2. The van der Waals surface area contributed by atoms with Gasteiger partial charge < -0.3 is 56.3 Å². The van der Waals surface area contributed by atoms with Crippen LogP contribution >= 0.6 is 0 Å². The average molecular weight is 567 g/mol. The van der Waals surface area contributed by atoms with Crippen LogP contribution in [0.15, 0.2) is 0 Å². The molecule has 0 fully saturated rings. The molecular weight excluding hydrogens is 520 g/mol. The van der Waals surface area contributed by atoms with Gasteiger partial charge >= 0.3 is 12.2 Å². The molecule has 0 spiro atoms. The summed E-state index contributed by atoms with van der Waals surface area (Å²) in [4.78, 5) is 49.2. The first-order valence-corrected chi connectivity index (χ1v) is 12.8. The topological polar surface area (TPSA) is 236 Å². The van der Waals surface area contributed by atoms with Crippen molar-refractivity contribution in [3.05, 3.63) is 0 Å². The van der Waals surface area contributed by atoms with Crippen molar-refractivity contribution in [2.24, 2.45) is 16.7 Å². The predicted octanol–water partition coefficient (Wildman–Crippen LogP) is -2.18. The van der Waals surface area contributed by atoms with E-state index in [2.05, 4.69) is 21.3 Å². The highest BCUT2D eigenvalue weighted by Crippen LogP contribution is 2.20. The van der Waals surface area contributed by atoms with E-state index >= 15 is 0 Å². The summed E-state index contributed by atoms with van der Waals surface area (Å²) in [5.41, 5.74) is -2.35. The van der Waals surface area contributed by atoms with Crippen molar-refractivity contribution in [3.63, 3.8) is 0 Å². The lowest BCUT2D eigenvalue weighted by Crippen LogP contribution is -2.54. The van der Waals surface area contributed by atoms with Gasteiger partial charge in [-0.15, -0.1) is 0 Å². The first-order chi connectivity index (χ1) is 18.4. The van der Waals surface area contributed by atoms with Crippen LogP contribution in [0.3, 0.4) is 0 Å². The van der Waals surface area contributed by atoms with E-state index < -0.39 is 73.3 Å². The molecule has 15 heteroatoms. The Balaban J connectivity index is 4.74. The smallest absolute Gasteiger partial charge is 0.407 e. The zero-order valence-electron chi connectivity index (χ0n) is 23.2. The molecule has 4 amide bonds. The van der Waals surface area contributed by atoms with E-state index in [-0.39, 0.29) is 45.2 Å². The molecule has 0 aromatic carbocycles. The third kappa shape index (κ3) is 13.3. The molecule has 0 aromatic rings. The summed E-state index contributed by atoms with van der Waals surface area (Å²) in [6.45, 7) is 3.63. The number of hydrogen-bond donors (Lipinski definition) is 9. The number of ether oxygens (including phenoxy) is 2. The fourth-order valence-electron chi connectivity index (χ4n) is 3.00. The summed E-state index contributed by atoms with van der Waals surface area (Å²) in [5, 5.41) is 56.6. The van der Waals surface area contributed by atoms with Gasteiger partial charge in [0, 0.05) is 13.1 Å². The minimum absolute atomic E-state index is 0.0190. The summed E-state index contributed by atoms with van der Waals surface area (Å²) in [6, 6.07) is -2.04. The Morgan fingerprint density at radius 1 is 0.692 bits per heavy atom. The molecular formula is C24H46N4O11. The maximum absolute atomic E-state index is 12.7. The van der Waals surface area contributed by atoms with Gasteiger partial charge in [-0.3, -0.25) is 9.59 Å². The molecule has 0 aliphatic carbocycles. The van der Waals surface area contributed by atoms with Gasteiger partial charge in [0.05, 0.1) is 43.9 Å². The van der Waals surface area contributed by atoms with Crippen molar-refractivity contribution in [2.75, 3.05) is 59.3 Å². The fourth-order valence-corrected chi connectivity index (χ4v) is 3.00. The predicted molar refractivity (Wildman–Crippen MR) is 138 cm³/mol. The van der Waals surface area contributed by atoms with Crippen LogP contribution < -0.4 is 21.3 Å². The number of carbonyl (C=O) groups excluding carboxylic acids is 4. The van der Waals surface area contributed by atoms with Crippen LogP contribution in [0.25, 0.3) is 0 Å². The van der Waals surface area contributed by atoms with Crippen molar-refractivity contribution in [1.29, 1.82) is 0 Å². The molecule has 0 aromatic heterocycles. The van der Waals surface area contributed by atoms with E-state index in [1.807, 2.05) is 13.8 Å². The Morgan fingerprint density at radius 3 is 1.67 bits per heavy atom. The van der Waals surface area contributed by atoms with Crippen LogP contribution in [-0.2, 0) is 19.1 Å². The second kappa shape index (κ2) is 18.5. The Hall–Kier alpha value is -2.72. The van der Waals surface area contributed by atoms with Gasteiger partial charge in [-0.2, -0.15) is 0 Å². The van der Waals surface area contributed by atoms with Crippen LogP contribution in [0.5, 0.6) is 0 Å². The number of aliphatic hydroxyl groups excluding tert-OH is 5. The third-order valence-electron chi connectivity index (χ3n) is 6.21. The minimum Gasteiger partial charge on any atom is -0.449 e. The van der Waals surface area contributed by atoms with Crippen molar-refractivity contribution in [1.82, 2.24) is 21.3 Å². The van der Waals surface area contributed by atoms with Crippen LogP contribution in [-0.4, -0.2) is 121 Å². The van der Waals surface area contributed by atoms with Gasteiger partial charge in [-0.05, 0) is 25.7 Å². The van der Waals surface area contributed by atoms with E-state index in [9.17, 15) is 44.7 Å². The largest absolute Gasteiger partial charge is 0.449 e. The van der Waals surface area contributed by atoms with Crippen LogP contribution in [0, 0.1) is 16.7 Å². The highest BCUT2D eigenvalue weighted by Gasteiger charge is 2.31. The number of amides is 4. The first kappa shape index (κ1) is 36.3. The quantitative estimate of drug-likeness (QED) is 0.0762. The van der Waals surface area contributed by atoms with Crippen molar-refractivity contribution in [3.8, 4) is 0 Å². The fraction of sp³-hybridized carbons (Fsp3) is 0.833. The third-order valence-corrected chi connectivity index (χ3v) is 6.21. The second-order valence-corrected chi connectivity index (χ2v) is 10.1. The molecule has 15 nitrogen and oxygen atoms in total. The molecule has 39 heavy (non-hydrogen) atoms. The van der Waals surface area contributed by atoms with Gasteiger partial charge in [-0.25, -0.2) is 9.59 Å². The maximum atomic E-state index is 12.7. The second-order valence-electron chi connectivity index (χ2n) is 10.1. The van der Waals surface area contributed by atoms with Gasteiger partial charge in [0.15, 0.2) is 0 Å². The van der Waals surface area contributed by atoms with Gasteiger partial charge in [-0.1, -0.05) is 20.8 Å². The number of aliphatic hydroxyl groups is 5. The maximum Gasteiger partial charge on any atom is 0.407 e. The number of rotatable bonds is 19. The Bertz CT molecular complexity index is 742. The summed E-state index contributed by atoms with van der Waals surface area (Å²) in [7, 11) is 0. The van der Waals surface area contributed by atoms with Crippen LogP contribution in [0.4, 0.5) is 9.59 Å². The number of alkyl carbamates (subject to hydrolysis) is 2. The molecule has 2 atom stereocenters. The van der Waals surface area contributed by atoms with Crippen molar-refractivity contribution in [2.45, 2.75) is 52.6 Å². The zero-order chi connectivity index (χ0) is 30.1. The van der Waals surface area contributed by atoms with E-state index in [0.29, 0.717) is 6.42 Å². The van der Waals surface area contributed by atoms with Crippen molar-refractivity contribution >= 4 is 24.0 Å². The first-order valence-electron chi connectivity index (χ1n) is 12.8. The number of hydrogen-bond acceptors (Lipinski definition) is 11. The van der Waals surface area contributed by atoms with Crippen LogP contribution in [0.1, 0.15) is 40.5 Å². The average Bonchev–Trinajstić information content (AvgIpc) is 2.92. The molecule has 228 valence electrons. The van der Waals surface area contributed by atoms with Crippen molar-refractivity contribution < 1.29 is 54.2 Å². The Labute approximate surface area is 228 Å². The number of carbonyl (C=O) groups is 4. The highest BCUT2D eigenvalue weighted by molar-refractivity contribution is 5.91. The molecule has 9 N–H and O–H groups in total. The Kier molecular flexibility index (Phi) is 17.3. The van der Waals surface area contributed by atoms with Crippen LogP contribution in [0.2, 0.25) is 0 Å². The molecule has 0 saturated carbocycles. The van der Waals surface area contributed by atoms with Gasteiger partial charge in [0.25, 0.3) is 0 Å². The van der Waals surface area contributed by atoms with E-state index in [0.717, 1.165) is 0 Å². The van der Waals surface area contributed by atoms with E-state index in [4.69, 9.17) is 9.47 Å². The molecule has 0 radical (unpaired) electrons. The Morgan fingerprint density at radius 2 is 1.18 bits per heavy atom. The SMILES string of the molecule is CCC(CO)(CO)COC(=O)NCCNC(=O)C(CC(C)C)NC(=O)C(C)NC(=O)OCC(CO)(CO)CO. The molecule has 0 bridgehead atoms. The highest BCUT2D eigenvalue weighted by atomic mass is 16.6. The minimum atomic E-state index is -1.42. The monoisotopic (exact) mass is 566 g/mol.